The summed E-state index contributed by atoms with van der Waals surface area (Å²) in [7, 11) is 0. The molecule has 1 aromatic rings. The van der Waals surface area contributed by atoms with Gasteiger partial charge < -0.3 is 16.4 Å². The second kappa shape index (κ2) is 3.39. The lowest BCUT2D eigenvalue weighted by atomic mass is 10.0. The van der Waals surface area contributed by atoms with Crippen LogP contribution in [-0.4, -0.2) is 11.4 Å². The monoisotopic (exact) mass is 231 g/mol. The average Bonchev–Trinajstić information content (AvgIpc) is 2.98. The maximum atomic E-state index is 11.3. The van der Waals surface area contributed by atoms with Crippen LogP contribution in [0, 0.1) is 0 Å². The number of aryl methyl sites for hydroxylation is 1. The molecule has 1 fully saturated rings. The second-order valence-electron chi connectivity index (χ2n) is 5.33. The van der Waals surface area contributed by atoms with E-state index >= 15 is 0 Å². The second-order valence-corrected chi connectivity index (χ2v) is 5.33. The minimum absolute atomic E-state index is 0.0757. The molecular formula is C13H17N3O. The molecule has 0 aromatic heterocycles. The molecule has 2 aliphatic rings. The summed E-state index contributed by atoms with van der Waals surface area (Å²) in [6.07, 6.45) is 3.75. The summed E-state index contributed by atoms with van der Waals surface area (Å²) in [4.78, 5) is 11.3. The molecule has 4 N–H and O–H groups in total. The van der Waals surface area contributed by atoms with Gasteiger partial charge in [0.05, 0.1) is 11.4 Å². The number of hydrogen-bond donors (Lipinski definition) is 3. The minimum Gasteiger partial charge on any atom is -0.397 e. The van der Waals surface area contributed by atoms with E-state index < -0.39 is 0 Å². The third kappa shape index (κ3) is 1.95. The highest BCUT2D eigenvalue weighted by molar-refractivity contribution is 5.95. The molecule has 1 saturated carbocycles. The van der Waals surface area contributed by atoms with Gasteiger partial charge in [-0.3, -0.25) is 4.79 Å². The van der Waals surface area contributed by atoms with Crippen molar-refractivity contribution < 1.29 is 4.79 Å². The molecule has 3 rings (SSSR count). The van der Waals surface area contributed by atoms with Gasteiger partial charge in [-0.1, -0.05) is 0 Å². The number of carbonyl (C=O) groups excluding carboxylic acids is 1. The zero-order valence-electron chi connectivity index (χ0n) is 9.97. The van der Waals surface area contributed by atoms with Crippen LogP contribution >= 0.6 is 0 Å². The summed E-state index contributed by atoms with van der Waals surface area (Å²) >= 11 is 0. The van der Waals surface area contributed by atoms with E-state index in [0.29, 0.717) is 12.1 Å². The predicted octanol–water partition coefficient (Wildman–Crippen LogP) is 2.12. The van der Waals surface area contributed by atoms with Crippen LogP contribution in [-0.2, 0) is 11.2 Å². The van der Waals surface area contributed by atoms with E-state index in [4.69, 9.17) is 5.73 Å². The molecule has 0 bridgehead atoms. The first-order chi connectivity index (χ1) is 8.06. The van der Waals surface area contributed by atoms with Crippen molar-refractivity contribution in [1.82, 2.24) is 0 Å². The molecule has 0 radical (unpaired) electrons. The molecular weight excluding hydrogens is 214 g/mol. The molecule has 4 heteroatoms. The van der Waals surface area contributed by atoms with Gasteiger partial charge in [-0.05, 0) is 43.9 Å². The number of anilines is 3. The fourth-order valence-corrected chi connectivity index (χ4v) is 2.19. The number of amides is 1. The van der Waals surface area contributed by atoms with Crippen LogP contribution in [0.5, 0.6) is 0 Å². The lowest BCUT2D eigenvalue weighted by Gasteiger charge is -2.21. The van der Waals surface area contributed by atoms with Gasteiger partial charge in [0.15, 0.2) is 0 Å². The van der Waals surface area contributed by atoms with Crippen LogP contribution in [0.1, 0.15) is 31.7 Å². The Bertz CT molecular complexity index is 492. The van der Waals surface area contributed by atoms with E-state index in [2.05, 4.69) is 23.6 Å². The summed E-state index contributed by atoms with van der Waals surface area (Å²) in [5, 5.41) is 6.34. The van der Waals surface area contributed by atoms with Crippen molar-refractivity contribution in [2.45, 2.75) is 38.1 Å². The molecule has 1 aromatic carbocycles. The van der Waals surface area contributed by atoms with Crippen molar-refractivity contribution in [2.75, 3.05) is 16.4 Å². The Morgan fingerprint density at radius 1 is 1.35 bits per heavy atom. The Balaban J connectivity index is 1.93. The zero-order valence-corrected chi connectivity index (χ0v) is 9.97. The fourth-order valence-electron chi connectivity index (χ4n) is 2.19. The normalized spacial score (nSPS) is 20.4. The topological polar surface area (TPSA) is 67.2 Å². The lowest BCUT2D eigenvalue weighted by Crippen LogP contribution is -2.21. The molecule has 4 nitrogen and oxygen atoms in total. The molecule has 0 saturated heterocycles. The van der Waals surface area contributed by atoms with Crippen LogP contribution in [0.2, 0.25) is 0 Å². The van der Waals surface area contributed by atoms with Crippen molar-refractivity contribution in [2.24, 2.45) is 0 Å². The molecule has 0 spiro atoms. The highest BCUT2D eigenvalue weighted by Crippen LogP contribution is 2.41. The summed E-state index contributed by atoms with van der Waals surface area (Å²) in [5.74, 6) is 0.0757. The maximum Gasteiger partial charge on any atom is 0.224 e. The summed E-state index contributed by atoms with van der Waals surface area (Å²) < 4.78 is 0. The van der Waals surface area contributed by atoms with E-state index in [1.165, 1.54) is 18.4 Å². The maximum absolute atomic E-state index is 11.3. The smallest absolute Gasteiger partial charge is 0.224 e. The van der Waals surface area contributed by atoms with E-state index in [9.17, 15) is 4.79 Å². The van der Waals surface area contributed by atoms with Crippen molar-refractivity contribution in [3.05, 3.63) is 17.7 Å². The number of rotatable bonds is 2. The van der Waals surface area contributed by atoms with Gasteiger partial charge >= 0.3 is 0 Å². The first-order valence-corrected chi connectivity index (χ1v) is 6.06. The molecule has 1 amide bonds. The van der Waals surface area contributed by atoms with E-state index in [1.54, 1.807) is 0 Å². The van der Waals surface area contributed by atoms with Crippen LogP contribution in [0.15, 0.2) is 12.1 Å². The summed E-state index contributed by atoms with van der Waals surface area (Å²) in [5.41, 5.74) is 9.98. The first kappa shape index (κ1) is 10.4. The van der Waals surface area contributed by atoms with E-state index in [-0.39, 0.29) is 11.4 Å². The number of nitrogens with two attached hydrogens (primary N) is 1. The molecule has 1 aliphatic heterocycles. The fraction of sp³-hybridized carbons (Fsp3) is 0.462. The summed E-state index contributed by atoms with van der Waals surface area (Å²) in [6.45, 7) is 2.20. The SMILES string of the molecule is CC1(Nc2cc3c(cc2N)NC(=O)CC3)CC1. The standard InChI is InChI=1S/C13H17N3O/c1-13(4-5-13)16-11-6-8-2-3-12(17)15-10(8)7-9(11)14/h6-7,16H,2-5,14H2,1H3,(H,15,17). The van der Waals surface area contributed by atoms with E-state index in [1.807, 2.05) is 6.07 Å². The average molecular weight is 231 g/mol. The molecule has 1 heterocycles. The Hall–Kier alpha value is -1.71. The van der Waals surface area contributed by atoms with Crippen molar-refractivity contribution in [1.29, 1.82) is 0 Å². The number of fused-ring (bicyclic) bond motifs is 1. The number of carbonyl (C=O) groups is 1. The van der Waals surface area contributed by atoms with Crippen molar-refractivity contribution in [3.8, 4) is 0 Å². The van der Waals surface area contributed by atoms with Gasteiger partial charge in [0, 0.05) is 17.6 Å². The Morgan fingerprint density at radius 2 is 2.12 bits per heavy atom. The molecule has 0 atom stereocenters. The predicted molar refractivity (Wildman–Crippen MR) is 69.1 cm³/mol. The third-order valence-corrected chi connectivity index (χ3v) is 3.61. The molecule has 0 unspecified atom stereocenters. The Labute approximate surface area is 101 Å². The van der Waals surface area contributed by atoms with Crippen molar-refractivity contribution >= 4 is 23.0 Å². The highest BCUT2D eigenvalue weighted by Gasteiger charge is 2.37. The Morgan fingerprint density at radius 3 is 2.82 bits per heavy atom. The summed E-state index contributed by atoms with van der Waals surface area (Å²) in [6, 6.07) is 3.94. The van der Waals surface area contributed by atoms with Crippen LogP contribution in [0.3, 0.4) is 0 Å². The van der Waals surface area contributed by atoms with Gasteiger partial charge in [-0.15, -0.1) is 0 Å². The highest BCUT2D eigenvalue weighted by atomic mass is 16.1. The number of nitrogens with one attached hydrogen (secondary N) is 2. The van der Waals surface area contributed by atoms with Crippen LogP contribution in [0.25, 0.3) is 0 Å². The quantitative estimate of drug-likeness (QED) is 0.683. The van der Waals surface area contributed by atoms with E-state index in [0.717, 1.165) is 17.8 Å². The number of benzene rings is 1. The minimum atomic E-state index is 0.0757. The largest absolute Gasteiger partial charge is 0.397 e. The first-order valence-electron chi connectivity index (χ1n) is 6.06. The lowest BCUT2D eigenvalue weighted by molar-refractivity contribution is -0.116. The number of hydrogen-bond acceptors (Lipinski definition) is 3. The van der Waals surface area contributed by atoms with Gasteiger partial charge in [0.1, 0.15) is 0 Å². The molecule has 90 valence electrons. The van der Waals surface area contributed by atoms with Gasteiger partial charge in [-0.25, -0.2) is 0 Å². The van der Waals surface area contributed by atoms with Gasteiger partial charge in [-0.2, -0.15) is 0 Å². The number of nitrogen functional groups attached to an aromatic ring is 1. The van der Waals surface area contributed by atoms with Gasteiger partial charge in [0.2, 0.25) is 5.91 Å². The van der Waals surface area contributed by atoms with Crippen molar-refractivity contribution in [3.63, 3.8) is 0 Å². The molecule has 1 aliphatic carbocycles. The van der Waals surface area contributed by atoms with Crippen LogP contribution < -0.4 is 16.4 Å². The van der Waals surface area contributed by atoms with Gasteiger partial charge in [0.25, 0.3) is 0 Å². The van der Waals surface area contributed by atoms with Crippen LogP contribution in [0.4, 0.5) is 17.1 Å². The third-order valence-electron chi connectivity index (χ3n) is 3.61. The Kier molecular flexibility index (Phi) is 2.08. The molecule has 17 heavy (non-hydrogen) atoms. The zero-order chi connectivity index (χ0) is 12.0.